The van der Waals surface area contributed by atoms with Crippen LogP contribution < -0.4 is 0 Å². The Morgan fingerprint density at radius 1 is 1.55 bits per heavy atom. The fraction of sp³-hybridized carbons (Fsp3) is 1.00. The molecule has 0 N–H and O–H groups in total. The third-order valence-corrected chi connectivity index (χ3v) is 4.72. The van der Waals surface area contributed by atoms with Crippen molar-refractivity contribution in [3.05, 3.63) is 0 Å². The fourth-order valence-electron chi connectivity index (χ4n) is 1.04. The zero-order valence-corrected chi connectivity index (χ0v) is 7.91. The van der Waals surface area contributed by atoms with Crippen molar-refractivity contribution in [2.45, 2.75) is 24.0 Å². The van der Waals surface area contributed by atoms with Crippen molar-refractivity contribution in [2.24, 2.45) is 0 Å². The van der Waals surface area contributed by atoms with E-state index in [0.29, 0.717) is 25.9 Å². The Labute approximate surface area is 71.1 Å². The molecule has 1 fully saturated rings. The van der Waals surface area contributed by atoms with Crippen LogP contribution in [0.3, 0.4) is 0 Å². The van der Waals surface area contributed by atoms with Crippen LogP contribution in [0, 0.1) is 0 Å². The summed E-state index contributed by atoms with van der Waals surface area (Å²) in [6.45, 7) is 0.464. The highest BCUT2D eigenvalue weighted by molar-refractivity contribution is 8.15. The molecule has 0 aromatic rings. The van der Waals surface area contributed by atoms with Crippen LogP contribution in [0.5, 0.6) is 0 Å². The molecule has 1 rings (SSSR count). The molecular weight excluding hydrogens is 188 g/mol. The zero-order chi connectivity index (χ0) is 8.54. The summed E-state index contributed by atoms with van der Waals surface area (Å²) in [5.41, 5.74) is 0. The van der Waals surface area contributed by atoms with Crippen LogP contribution in [0.25, 0.3) is 0 Å². The first-order valence-electron chi connectivity index (χ1n) is 3.45. The van der Waals surface area contributed by atoms with Gasteiger partial charge in [-0.1, -0.05) is 0 Å². The second kappa shape index (κ2) is 2.92. The molecule has 11 heavy (non-hydrogen) atoms. The zero-order valence-electron chi connectivity index (χ0n) is 6.34. The van der Waals surface area contributed by atoms with Gasteiger partial charge in [-0.25, -0.2) is 8.42 Å². The fourth-order valence-corrected chi connectivity index (χ4v) is 2.65. The van der Waals surface area contributed by atoms with Gasteiger partial charge < -0.3 is 4.74 Å². The van der Waals surface area contributed by atoms with Gasteiger partial charge in [0.2, 0.25) is 9.05 Å². The van der Waals surface area contributed by atoms with E-state index in [1.54, 1.807) is 7.11 Å². The molecule has 0 aromatic carbocycles. The highest BCUT2D eigenvalue weighted by atomic mass is 35.7. The van der Waals surface area contributed by atoms with Crippen molar-refractivity contribution in [1.82, 2.24) is 0 Å². The van der Waals surface area contributed by atoms with Crippen molar-refractivity contribution in [1.29, 1.82) is 0 Å². The van der Waals surface area contributed by atoms with Crippen molar-refractivity contribution >= 4 is 19.7 Å². The average molecular weight is 199 g/mol. The molecule has 1 aliphatic rings. The monoisotopic (exact) mass is 198 g/mol. The summed E-state index contributed by atoms with van der Waals surface area (Å²) in [5.74, 6) is 0. The molecule has 0 aliphatic heterocycles. The number of hydrogen-bond donors (Lipinski definition) is 0. The Kier molecular flexibility index (Phi) is 2.46. The lowest BCUT2D eigenvalue weighted by Gasteiger charge is -2.08. The Bertz CT molecular complexity index is 230. The van der Waals surface area contributed by atoms with Gasteiger partial charge in [-0.3, -0.25) is 0 Å². The first-order chi connectivity index (χ1) is 5.02. The van der Waals surface area contributed by atoms with Crippen LogP contribution in [0.2, 0.25) is 0 Å². The minimum absolute atomic E-state index is 0.464. The summed E-state index contributed by atoms with van der Waals surface area (Å²) in [6, 6.07) is 0. The molecule has 0 heterocycles. The van der Waals surface area contributed by atoms with Crippen LogP contribution >= 0.6 is 10.7 Å². The van der Waals surface area contributed by atoms with Crippen LogP contribution in [0.1, 0.15) is 19.3 Å². The second-order valence-corrected chi connectivity index (χ2v) is 5.82. The molecule has 0 unspecified atom stereocenters. The standard InChI is InChI=1S/C6H11ClO3S/c1-10-5-4-6(2-3-6)11(7,8)9/h2-5H2,1H3. The van der Waals surface area contributed by atoms with Crippen molar-refractivity contribution < 1.29 is 13.2 Å². The molecule has 0 saturated heterocycles. The smallest absolute Gasteiger partial charge is 0.238 e. The number of halogens is 1. The molecule has 3 nitrogen and oxygen atoms in total. The van der Waals surface area contributed by atoms with Gasteiger partial charge in [0.25, 0.3) is 0 Å². The molecule has 0 radical (unpaired) electrons. The normalized spacial score (nSPS) is 21.6. The van der Waals surface area contributed by atoms with E-state index in [2.05, 4.69) is 0 Å². The van der Waals surface area contributed by atoms with Gasteiger partial charge in [-0.15, -0.1) is 0 Å². The quantitative estimate of drug-likeness (QED) is 0.636. The number of ether oxygens (including phenoxy) is 1. The van der Waals surface area contributed by atoms with Gasteiger partial charge in [-0.2, -0.15) is 0 Å². The van der Waals surface area contributed by atoms with E-state index in [9.17, 15) is 8.42 Å². The van der Waals surface area contributed by atoms with E-state index in [-0.39, 0.29) is 0 Å². The first kappa shape index (κ1) is 9.29. The average Bonchev–Trinajstić information content (AvgIpc) is 2.61. The highest BCUT2D eigenvalue weighted by Crippen LogP contribution is 2.48. The Morgan fingerprint density at radius 2 is 2.09 bits per heavy atom. The number of methoxy groups -OCH3 is 1. The maximum Gasteiger partial charge on any atom is 0.238 e. The number of rotatable bonds is 4. The molecule has 1 aliphatic carbocycles. The summed E-state index contributed by atoms with van der Waals surface area (Å²) in [4.78, 5) is 0. The van der Waals surface area contributed by atoms with Gasteiger partial charge in [0, 0.05) is 24.4 Å². The van der Waals surface area contributed by atoms with Crippen molar-refractivity contribution in [3.8, 4) is 0 Å². The molecule has 0 aromatic heterocycles. The molecule has 0 atom stereocenters. The van der Waals surface area contributed by atoms with E-state index in [1.165, 1.54) is 0 Å². The third-order valence-electron chi connectivity index (χ3n) is 2.09. The van der Waals surface area contributed by atoms with Gasteiger partial charge in [0.05, 0.1) is 4.75 Å². The summed E-state index contributed by atoms with van der Waals surface area (Å²) >= 11 is 0. The highest BCUT2D eigenvalue weighted by Gasteiger charge is 2.53. The lowest BCUT2D eigenvalue weighted by atomic mass is 10.3. The van der Waals surface area contributed by atoms with Crippen LogP contribution in [-0.2, 0) is 13.8 Å². The molecule has 5 heteroatoms. The summed E-state index contributed by atoms with van der Waals surface area (Å²) < 4.78 is 26.0. The first-order valence-corrected chi connectivity index (χ1v) is 5.76. The maximum absolute atomic E-state index is 10.9. The van der Waals surface area contributed by atoms with Crippen LogP contribution in [0.15, 0.2) is 0 Å². The second-order valence-electron chi connectivity index (χ2n) is 2.86. The van der Waals surface area contributed by atoms with E-state index in [0.717, 1.165) is 0 Å². The van der Waals surface area contributed by atoms with E-state index >= 15 is 0 Å². The Morgan fingerprint density at radius 3 is 2.36 bits per heavy atom. The van der Waals surface area contributed by atoms with Gasteiger partial charge in [0.15, 0.2) is 0 Å². The topological polar surface area (TPSA) is 43.4 Å². The van der Waals surface area contributed by atoms with Crippen LogP contribution in [0.4, 0.5) is 0 Å². The summed E-state index contributed by atoms with van der Waals surface area (Å²) in [6.07, 6.45) is 1.89. The van der Waals surface area contributed by atoms with E-state index in [1.807, 2.05) is 0 Å². The molecule has 0 bridgehead atoms. The lowest BCUT2D eigenvalue weighted by Crippen LogP contribution is -2.19. The summed E-state index contributed by atoms with van der Waals surface area (Å²) in [5, 5.41) is 0. The van der Waals surface area contributed by atoms with Gasteiger partial charge in [-0.05, 0) is 19.3 Å². The van der Waals surface area contributed by atoms with Gasteiger partial charge >= 0.3 is 0 Å². The minimum Gasteiger partial charge on any atom is -0.385 e. The Hall–Kier alpha value is 0.200. The summed E-state index contributed by atoms with van der Waals surface area (Å²) in [7, 11) is 3.42. The largest absolute Gasteiger partial charge is 0.385 e. The third kappa shape index (κ3) is 1.86. The van der Waals surface area contributed by atoms with Crippen LogP contribution in [-0.4, -0.2) is 26.9 Å². The minimum atomic E-state index is -3.37. The lowest BCUT2D eigenvalue weighted by molar-refractivity contribution is 0.192. The molecular formula is C6H11ClO3S. The Balaban J connectivity index is 2.55. The number of hydrogen-bond acceptors (Lipinski definition) is 3. The predicted octanol–water partition coefficient (Wildman–Crippen LogP) is 1.12. The van der Waals surface area contributed by atoms with Gasteiger partial charge in [0.1, 0.15) is 0 Å². The predicted molar refractivity (Wildman–Crippen MR) is 43.2 cm³/mol. The van der Waals surface area contributed by atoms with E-state index in [4.69, 9.17) is 15.4 Å². The molecule has 66 valence electrons. The molecule has 0 spiro atoms. The molecule has 0 amide bonds. The van der Waals surface area contributed by atoms with Crippen molar-refractivity contribution in [3.63, 3.8) is 0 Å². The maximum atomic E-state index is 10.9. The molecule has 1 saturated carbocycles. The SMILES string of the molecule is COCCC1(S(=O)(=O)Cl)CC1. The van der Waals surface area contributed by atoms with E-state index < -0.39 is 13.8 Å². The van der Waals surface area contributed by atoms with Crippen molar-refractivity contribution in [2.75, 3.05) is 13.7 Å².